The highest BCUT2D eigenvalue weighted by molar-refractivity contribution is 7.99. The Bertz CT molecular complexity index is 487. The summed E-state index contributed by atoms with van der Waals surface area (Å²) < 4.78 is 29.3. The Labute approximate surface area is 126 Å². The van der Waals surface area contributed by atoms with Gasteiger partial charge >= 0.3 is 12.6 Å². The van der Waals surface area contributed by atoms with Crippen molar-refractivity contribution in [3.63, 3.8) is 0 Å². The van der Waals surface area contributed by atoms with E-state index in [-0.39, 0.29) is 18.2 Å². The predicted octanol–water partition coefficient (Wildman–Crippen LogP) is 2.68. The number of carboxylic acids is 1. The van der Waals surface area contributed by atoms with Crippen LogP contribution in [0.5, 0.6) is 5.75 Å². The lowest BCUT2D eigenvalue weighted by atomic mass is 10.1. The van der Waals surface area contributed by atoms with Gasteiger partial charge in [-0.2, -0.15) is 20.5 Å². The molecule has 0 saturated carbocycles. The van der Waals surface area contributed by atoms with Crippen molar-refractivity contribution in [1.29, 1.82) is 0 Å². The Morgan fingerprint density at radius 3 is 2.95 bits per heavy atom. The van der Waals surface area contributed by atoms with E-state index in [0.29, 0.717) is 12.1 Å². The second kappa shape index (κ2) is 7.61. The molecule has 0 aromatic heterocycles. The number of para-hydroxylation sites is 1. The highest BCUT2D eigenvalue weighted by Crippen LogP contribution is 2.26. The van der Waals surface area contributed by atoms with Crippen molar-refractivity contribution in [3.8, 4) is 5.75 Å². The first-order valence-corrected chi connectivity index (χ1v) is 7.78. The molecule has 1 aliphatic rings. The van der Waals surface area contributed by atoms with Gasteiger partial charge in [-0.3, -0.25) is 9.69 Å². The van der Waals surface area contributed by atoms with Crippen LogP contribution in [0.3, 0.4) is 0 Å². The van der Waals surface area contributed by atoms with E-state index in [0.717, 1.165) is 18.1 Å². The first-order valence-electron chi connectivity index (χ1n) is 6.62. The molecule has 4 nitrogen and oxygen atoms in total. The Kier molecular flexibility index (Phi) is 5.81. The Morgan fingerprint density at radius 2 is 2.24 bits per heavy atom. The van der Waals surface area contributed by atoms with Gasteiger partial charge < -0.3 is 9.84 Å². The molecule has 1 atom stereocenters. The van der Waals surface area contributed by atoms with Crippen molar-refractivity contribution in [2.75, 3.05) is 18.1 Å². The maximum atomic E-state index is 12.4. The molecule has 1 unspecified atom stereocenters. The van der Waals surface area contributed by atoms with Crippen LogP contribution in [-0.4, -0.2) is 46.7 Å². The molecule has 7 heteroatoms. The number of carboxylic acid groups (broad SMARTS) is 1. The fraction of sp³-hybridized carbons (Fsp3) is 0.500. The van der Waals surface area contributed by atoms with Crippen LogP contribution in [-0.2, 0) is 11.3 Å². The zero-order chi connectivity index (χ0) is 15.2. The number of hydrogen-bond acceptors (Lipinski definition) is 4. The summed E-state index contributed by atoms with van der Waals surface area (Å²) in [6.07, 6.45) is 0.0604. The Balaban J connectivity index is 2.09. The molecule has 1 N–H and O–H groups in total. The molecule has 21 heavy (non-hydrogen) atoms. The van der Waals surface area contributed by atoms with Crippen LogP contribution in [0.15, 0.2) is 24.3 Å². The van der Waals surface area contributed by atoms with E-state index in [4.69, 9.17) is 5.11 Å². The van der Waals surface area contributed by atoms with E-state index in [9.17, 15) is 13.6 Å². The van der Waals surface area contributed by atoms with E-state index < -0.39 is 12.6 Å². The minimum Gasteiger partial charge on any atom is -0.481 e. The molecule has 1 fully saturated rings. The fourth-order valence-electron chi connectivity index (χ4n) is 2.35. The summed E-state index contributed by atoms with van der Waals surface area (Å²) in [6.45, 7) is -1.70. The van der Waals surface area contributed by atoms with Crippen LogP contribution in [0, 0.1) is 0 Å². The molecule has 116 valence electrons. The topological polar surface area (TPSA) is 49.8 Å². The molecule has 1 aromatic rings. The zero-order valence-electron chi connectivity index (χ0n) is 11.4. The summed E-state index contributed by atoms with van der Waals surface area (Å²) >= 11 is 1.72. The molecule has 0 amide bonds. The summed E-state index contributed by atoms with van der Waals surface area (Å²) in [5.74, 6) is 0.961. The molecule has 1 heterocycles. The van der Waals surface area contributed by atoms with Crippen LogP contribution in [0.2, 0.25) is 0 Å². The van der Waals surface area contributed by atoms with Gasteiger partial charge in [-0.05, 0) is 6.07 Å². The molecule has 0 radical (unpaired) electrons. The number of ether oxygens (including phenoxy) is 1. The largest absolute Gasteiger partial charge is 0.481 e. The molecular weight excluding hydrogens is 300 g/mol. The molecule has 0 spiro atoms. The van der Waals surface area contributed by atoms with Crippen LogP contribution in [0.4, 0.5) is 8.78 Å². The lowest BCUT2D eigenvalue weighted by Crippen LogP contribution is -2.43. The minimum absolute atomic E-state index is 0.0604. The number of hydrogen-bond donors (Lipinski definition) is 1. The number of halogens is 2. The van der Waals surface area contributed by atoms with Gasteiger partial charge in [-0.15, -0.1) is 0 Å². The lowest BCUT2D eigenvalue weighted by Gasteiger charge is -2.34. The van der Waals surface area contributed by atoms with Crippen molar-refractivity contribution >= 4 is 17.7 Å². The molecule has 0 aliphatic carbocycles. The van der Waals surface area contributed by atoms with Crippen molar-refractivity contribution in [2.45, 2.75) is 25.6 Å². The third-order valence-corrected chi connectivity index (χ3v) is 4.41. The van der Waals surface area contributed by atoms with Gasteiger partial charge in [0, 0.05) is 36.2 Å². The van der Waals surface area contributed by atoms with Gasteiger partial charge in [0.1, 0.15) is 5.75 Å². The van der Waals surface area contributed by atoms with E-state index in [1.165, 1.54) is 6.07 Å². The highest BCUT2D eigenvalue weighted by atomic mass is 32.2. The van der Waals surface area contributed by atoms with Crippen molar-refractivity contribution in [2.24, 2.45) is 0 Å². The van der Waals surface area contributed by atoms with Gasteiger partial charge in [0.05, 0.1) is 6.42 Å². The standard InChI is InChI=1S/C14H17F2NO3S/c15-14(16)20-12-4-2-1-3-10(12)8-17-5-6-21-9-11(17)7-13(18)19/h1-4,11,14H,5-9H2,(H,18,19). The number of aliphatic carboxylic acids is 1. The summed E-state index contributed by atoms with van der Waals surface area (Å²) in [5.41, 5.74) is 0.653. The maximum Gasteiger partial charge on any atom is 0.387 e. The van der Waals surface area contributed by atoms with Crippen molar-refractivity contribution in [3.05, 3.63) is 29.8 Å². The first kappa shape index (κ1) is 16.0. The van der Waals surface area contributed by atoms with Gasteiger partial charge in [0.15, 0.2) is 0 Å². The predicted molar refractivity (Wildman–Crippen MR) is 76.8 cm³/mol. The molecular formula is C14H17F2NO3S. The molecule has 1 aromatic carbocycles. The molecule has 1 saturated heterocycles. The number of nitrogens with zero attached hydrogens (tertiary/aromatic N) is 1. The van der Waals surface area contributed by atoms with Gasteiger partial charge in [-0.1, -0.05) is 18.2 Å². The van der Waals surface area contributed by atoms with E-state index in [1.54, 1.807) is 30.0 Å². The normalized spacial score (nSPS) is 19.7. The highest BCUT2D eigenvalue weighted by Gasteiger charge is 2.26. The SMILES string of the molecule is O=C(O)CC1CSCCN1Cc1ccccc1OC(F)F. The van der Waals surface area contributed by atoms with E-state index in [1.807, 2.05) is 4.90 Å². The third-order valence-electron chi connectivity index (χ3n) is 3.32. The van der Waals surface area contributed by atoms with Gasteiger partial charge in [0.25, 0.3) is 0 Å². The van der Waals surface area contributed by atoms with E-state index >= 15 is 0 Å². The number of alkyl halides is 2. The molecule has 2 rings (SSSR count). The van der Waals surface area contributed by atoms with Crippen molar-refractivity contribution < 1.29 is 23.4 Å². The summed E-state index contributed by atoms with van der Waals surface area (Å²) in [5, 5.41) is 8.96. The number of thioether (sulfide) groups is 1. The molecule has 1 aliphatic heterocycles. The van der Waals surface area contributed by atoms with Crippen LogP contribution in [0.25, 0.3) is 0 Å². The smallest absolute Gasteiger partial charge is 0.387 e. The van der Waals surface area contributed by atoms with Crippen molar-refractivity contribution in [1.82, 2.24) is 4.90 Å². The average Bonchev–Trinajstić information content (AvgIpc) is 2.42. The third kappa shape index (κ3) is 4.86. The number of carbonyl (C=O) groups is 1. The Hall–Kier alpha value is -1.34. The summed E-state index contributed by atoms with van der Waals surface area (Å²) in [7, 11) is 0. The second-order valence-corrected chi connectivity index (χ2v) is 5.93. The zero-order valence-corrected chi connectivity index (χ0v) is 12.2. The average molecular weight is 317 g/mol. The van der Waals surface area contributed by atoms with Crippen LogP contribution in [0.1, 0.15) is 12.0 Å². The summed E-state index contributed by atoms with van der Waals surface area (Å²) in [6, 6.07) is 6.56. The molecule has 0 bridgehead atoms. The van der Waals surface area contributed by atoms with Gasteiger partial charge in [0.2, 0.25) is 0 Å². The monoisotopic (exact) mass is 317 g/mol. The number of rotatable bonds is 6. The summed E-state index contributed by atoms with van der Waals surface area (Å²) in [4.78, 5) is 12.9. The van der Waals surface area contributed by atoms with Gasteiger partial charge in [-0.25, -0.2) is 0 Å². The van der Waals surface area contributed by atoms with Crippen LogP contribution >= 0.6 is 11.8 Å². The van der Waals surface area contributed by atoms with E-state index in [2.05, 4.69) is 4.74 Å². The Morgan fingerprint density at radius 1 is 1.48 bits per heavy atom. The quantitative estimate of drug-likeness (QED) is 0.874. The fourth-order valence-corrected chi connectivity index (χ4v) is 3.48. The van der Waals surface area contributed by atoms with Crippen LogP contribution < -0.4 is 4.74 Å². The lowest BCUT2D eigenvalue weighted by molar-refractivity contribution is -0.138. The first-order chi connectivity index (χ1) is 10.1. The minimum atomic E-state index is -2.86. The second-order valence-electron chi connectivity index (χ2n) is 4.78. The maximum absolute atomic E-state index is 12.4. The number of benzene rings is 1.